The summed E-state index contributed by atoms with van der Waals surface area (Å²) in [6, 6.07) is 74.8. The smallest absolute Gasteiger partial charge is 0.136 e. The summed E-state index contributed by atoms with van der Waals surface area (Å²) in [6.45, 7) is 0. The van der Waals surface area contributed by atoms with Crippen LogP contribution in [0.25, 0.3) is 110 Å². The van der Waals surface area contributed by atoms with Crippen molar-refractivity contribution in [1.82, 2.24) is 0 Å². The second-order valence-corrected chi connectivity index (χ2v) is 14.5. The Morgan fingerprint density at radius 2 is 0.782 bits per heavy atom. The molecule has 0 aliphatic heterocycles. The van der Waals surface area contributed by atoms with Gasteiger partial charge in [0.15, 0.2) is 0 Å². The predicted molar refractivity (Wildman–Crippen MR) is 233 cm³/mol. The van der Waals surface area contributed by atoms with Gasteiger partial charge in [-0.05, 0) is 130 Å². The van der Waals surface area contributed by atoms with Crippen molar-refractivity contribution in [3.63, 3.8) is 0 Å². The third-order valence-corrected chi connectivity index (χ3v) is 11.2. The van der Waals surface area contributed by atoms with E-state index in [2.05, 4.69) is 206 Å². The monoisotopic (exact) mass is 698 g/mol. The summed E-state index contributed by atoms with van der Waals surface area (Å²) >= 11 is 0. The lowest BCUT2D eigenvalue weighted by atomic mass is 9.88. The Morgan fingerprint density at radius 3 is 1.58 bits per heavy atom. The van der Waals surface area contributed by atoms with Crippen LogP contribution in [-0.4, -0.2) is 0 Å². The molecular weight excluding hydrogens is 665 g/mol. The molecule has 11 rings (SSSR count). The lowest BCUT2D eigenvalue weighted by Crippen LogP contribution is -1.89. The van der Waals surface area contributed by atoms with Gasteiger partial charge in [-0.2, -0.15) is 0 Å². The highest BCUT2D eigenvalue weighted by atomic mass is 16.3. The summed E-state index contributed by atoms with van der Waals surface area (Å²) in [7, 11) is 0. The number of fused-ring (bicyclic) bond motifs is 7. The zero-order valence-electron chi connectivity index (χ0n) is 30.0. The lowest BCUT2D eigenvalue weighted by Gasteiger charge is -2.15. The van der Waals surface area contributed by atoms with Crippen molar-refractivity contribution in [1.29, 1.82) is 0 Å². The molecule has 0 N–H and O–H groups in total. The van der Waals surface area contributed by atoms with Gasteiger partial charge in [0, 0.05) is 10.8 Å². The molecule has 0 saturated heterocycles. The number of benzene rings is 10. The van der Waals surface area contributed by atoms with Crippen LogP contribution in [0.5, 0.6) is 0 Å². The van der Waals surface area contributed by atoms with Gasteiger partial charge in [0.05, 0.1) is 0 Å². The Labute approximate surface area is 319 Å². The minimum absolute atomic E-state index is 0.898. The van der Waals surface area contributed by atoms with E-state index in [1.54, 1.807) is 0 Å². The van der Waals surface area contributed by atoms with Crippen LogP contribution in [0, 0.1) is 0 Å². The van der Waals surface area contributed by atoms with Crippen molar-refractivity contribution < 1.29 is 4.42 Å². The normalized spacial score (nSPS) is 11.6. The van der Waals surface area contributed by atoms with Gasteiger partial charge in [-0.1, -0.05) is 164 Å². The van der Waals surface area contributed by atoms with Crippen molar-refractivity contribution >= 4 is 54.3 Å². The quantitative estimate of drug-likeness (QED) is 0.163. The van der Waals surface area contributed by atoms with E-state index >= 15 is 0 Å². The third kappa shape index (κ3) is 5.32. The average molecular weight is 699 g/mol. The molecular formula is C54H34O. The molecule has 10 aromatic carbocycles. The van der Waals surface area contributed by atoms with E-state index in [1.165, 1.54) is 82.4 Å². The first kappa shape index (κ1) is 31.3. The zero-order valence-corrected chi connectivity index (χ0v) is 30.0. The van der Waals surface area contributed by atoms with Gasteiger partial charge in [0.2, 0.25) is 0 Å². The highest BCUT2D eigenvalue weighted by Crippen LogP contribution is 2.43. The molecule has 0 spiro atoms. The second kappa shape index (κ2) is 12.7. The van der Waals surface area contributed by atoms with E-state index in [0.717, 1.165) is 27.5 Å². The minimum Gasteiger partial charge on any atom is -0.456 e. The van der Waals surface area contributed by atoms with Gasteiger partial charge in [0.1, 0.15) is 11.2 Å². The summed E-state index contributed by atoms with van der Waals surface area (Å²) in [6.07, 6.45) is 0. The van der Waals surface area contributed by atoms with E-state index < -0.39 is 0 Å². The molecule has 1 heterocycles. The van der Waals surface area contributed by atoms with Crippen LogP contribution in [0.2, 0.25) is 0 Å². The van der Waals surface area contributed by atoms with E-state index in [1.807, 2.05) is 0 Å². The SMILES string of the molecule is c1ccc(-c2cc(-c3ccc4c(ccc5ccccc54)c3)cc(-c3cccc4c(-c5cccc6oc7cc(-c8ccccc8)ccc7c56)cccc34)c2)cc1. The van der Waals surface area contributed by atoms with Crippen LogP contribution in [0.3, 0.4) is 0 Å². The van der Waals surface area contributed by atoms with E-state index in [0.29, 0.717) is 0 Å². The van der Waals surface area contributed by atoms with Crippen molar-refractivity contribution in [2.45, 2.75) is 0 Å². The van der Waals surface area contributed by atoms with Crippen LogP contribution < -0.4 is 0 Å². The Hall–Kier alpha value is -7.22. The summed E-state index contributed by atoms with van der Waals surface area (Å²) in [5.74, 6) is 0. The first-order valence-electron chi connectivity index (χ1n) is 18.9. The standard InChI is InChI=1S/C54H34O/c1-3-12-35(13-4-1)39-27-29-51-53(34-39)55-52-23-11-22-50(54(51)52)49-21-10-19-47-45(18-9-20-48(47)49)43-32-41(36-14-5-2-6-15-36)31-42(33-43)38-26-28-46-40(30-38)25-24-37-16-7-8-17-44(37)46/h1-34H. The van der Waals surface area contributed by atoms with Crippen molar-refractivity contribution in [2.24, 2.45) is 0 Å². The molecule has 0 aliphatic rings. The highest BCUT2D eigenvalue weighted by Gasteiger charge is 2.17. The van der Waals surface area contributed by atoms with Crippen molar-refractivity contribution in [3.05, 3.63) is 206 Å². The molecule has 0 atom stereocenters. The van der Waals surface area contributed by atoms with Crippen molar-refractivity contribution in [2.75, 3.05) is 0 Å². The van der Waals surface area contributed by atoms with Crippen LogP contribution in [0.15, 0.2) is 211 Å². The average Bonchev–Trinajstić information content (AvgIpc) is 3.64. The Morgan fingerprint density at radius 1 is 0.236 bits per heavy atom. The highest BCUT2D eigenvalue weighted by molar-refractivity contribution is 6.17. The maximum atomic E-state index is 6.54. The largest absolute Gasteiger partial charge is 0.456 e. The van der Waals surface area contributed by atoms with Crippen LogP contribution in [0.1, 0.15) is 0 Å². The maximum Gasteiger partial charge on any atom is 0.136 e. The van der Waals surface area contributed by atoms with Gasteiger partial charge >= 0.3 is 0 Å². The van der Waals surface area contributed by atoms with E-state index in [9.17, 15) is 0 Å². The summed E-state index contributed by atoms with van der Waals surface area (Å²) in [4.78, 5) is 0. The van der Waals surface area contributed by atoms with Gasteiger partial charge < -0.3 is 4.42 Å². The molecule has 0 aliphatic carbocycles. The van der Waals surface area contributed by atoms with Gasteiger partial charge in [0.25, 0.3) is 0 Å². The molecule has 1 heteroatoms. The first-order valence-corrected chi connectivity index (χ1v) is 18.9. The van der Waals surface area contributed by atoms with Crippen LogP contribution in [-0.2, 0) is 0 Å². The molecule has 0 unspecified atom stereocenters. The molecule has 11 aromatic rings. The summed E-state index contributed by atoms with van der Waals surface area (Å²) in [5, 5.41) is 9.78. The maximum absolute atomic E-state index is 6.54. The topological polar surface area (TPSA) is 13.1 Å². The molecule has 0 saturated carbocycles. The summed E-state index contributed by atoms with van der Waals surface area (Å²) in [5.41, 5.74) is 13.7. The number of rotatable bonds is 5. The number of hydrogen-bond donors (Lipinski definition) is 0. The molecule has 55 heavy (non-hydrogen) atoms. The lowest BCUT2D eigenvalue weighted by molar-refractivity contribution is 0.669. The number of hydrogen-bond acceptors (Lipinski definition) is 1. The second-order valence-electron chi connectivity index (χ2n) is 14.5. The molecule has 0 fully saturated rings. The molecule has 0 amide bonds. The van der Waals surface area contributed by atoms with Gasteiger partial charge in [-0.25, -0.2) is 0 Å². The zero-order chi connectivity index (χ0) is 36.3. The van der Waals surface area contributed by atoms with Gasteiger partial charge in [-0.15, -0.1) is 0 Å². The fraction of sp³-hybridized carbons (Fsp3) is 0. The first-order chi connectivity index (χ1) is 27.2. The minimum atomic E-state index is 0.898. The van der Waals surface area contributed by atoms with Gasteiger partial charge in [-0.3, -0.25) is 0 Å². The predicted octanol–water partition coefficient (Wildman–Crippen LogP) is 15.4. The van der Waals surface area contributed by atoms with E-state index in [4.69, 9.17) is 4.42 Å². The van der Waals surface area contributed by atoms with Crippen LogP contribution >= 0.6 is 0 Å². The Kier molecular flexibility index (Phi) is 7.25. The Bertz CT molecular complexity index is 3240. The van der Waals surface area contributed by atoms with Crippen molar-refractivity contribution in [3.8, 4) is 55.6 Å². The van der Waals surface area contributed by atoms with Crippen LogP contribution in [0.4, 0.5) is 0 Å². The fourth-order valence-corrected chi connectivity index (χ4v) is 8.60. The third-order valence-electron chi connectivity index (χ3n) is 11.2. The Balaban J connectivity index is 1.08. The summed E-state index contributed by atoms with van der Waals surface area (Å²) < 4.78 is 6.54. The van der Waals surface area contributed by atoms with E-state index in [-0.39, 0.29) is 0 Å². The molecule has 1 nitrogen and oxygen atoms in total. The molecule has 0 bridgehead atoms. The molecule has 256 valence electrons. The fourth-order valence-electron chi connectivity index (χ4n) is 8.60. The number of furan rings is 1. The molecule has 1 aromatic heterocycles. The molecule has 0 radical (unpaired) electrons.